The molecule has 0 saturated heterocycles. The lowest BCUT2D eigenvalue weighted by atomic mass is 10.0. The van der Waals surface area contributed by atoms with Crippen molar-refractivity contribution in [3.63, 3.8) is 0 Å². The van der Waals surface area contributed by atoms with Crippen LogP contribution in [-0.2, 0) is 6.54 Å². The number of carbonyl (C=O) groups excluding carboxylic acids is 1. The minimum Gasteiger partial charge on any atom is -0.345 e. The Kier molecular flexibility index (Phi) is 5.50. The van der Waals surface area contributed by atoms with Crippen molar-refractivity contribution in [1.82, 2.24) is 30.3 Å². The summed E-state index contributed by atoms with van der Waals surface area (Å²) in [6.07, 6.45) is 11.4. The zero-order chi connectivity index (χ0) is 23.6. The summed E-state index contributed by atoms with van der Waals surface area (Å²) in [6.45, 7) is 0.456. The molecule has 7 heteroatoms. The third-order valence-corrected chi connectivity index (χ3v) is 6.51. The Morgan fingerprint density at radius 3 is 2.66 bits per heavy atom. The second kappa shape index (κ2) is 9.10. The van der Waals surface area contributed by atoms with E-state index in [4.69, 9.17) is 0 Å². The Balaban J connectivity index is 1.23. The summed E-state index contributed by atoms with van der Waals surface area (Å²) in [5, 5.41) is 14.2. The van der Waals surface area contributed by atoms with Crippen LogP contribution < -0.4 is 5.32 Å². The van der Waals surface area contributed by atoms with Gasteiger partial charge in [0.15, 0.2) is 0 Å². The van der Waals surface area contributed by atoms with E-state index in [0.29, 0.717) is 18.0 Å². The van der Waals surface area contributed by atoms with Gasteiger partial charge in [0, 0.05) is 41.3 Å². The van der Waals surface area contributed by atoms with Gasteiger partial charge in [-0.3, -0.25) is 14.8 Å². The van der Waals surface area contributed by atoms with Crippen LogP contribution in [-0.4, -0.2) is 30.9 Å². The summed E-state index contributed by atoms with van der Waals surface area (Å²) in [4.78, 5) is 21.6. The second-order valence-electron chi connectivity index (χ2n) is 8.97. The second-order valence-corrected chi connectivity index (χ2v) is 8.97. The lowest BCUT2D eigenvalue weighted by Gasteiger charge is -2.19. The average molecular weight is 461 g/mol. The van der Waals surface area contributed by atoms with Crippen LogP contribution in [0.4, 0.5) is 0 Å². The molecule has 6 rings (SSSR count). The van der Waals surface area contributed by atoms with E-state index >= 15 is 0 Å². The molecule has 3 aromatic heterocycles. The quantitative estimate of drug-likeness (QED) is 0.376. The third kappa shape index (κ3) is 4.53. The van der Waals surface area contributed by atoms with E-state index in [2.05, 4.69) is 31.7 Å². The largest absolute Gasteiger partial charge is 0.345 e. The van der Waals surface area contributed by atoms with Crippen LogP contribution in [0.15, 0.2) is 91.6 Å². The zero-order valence-electron chi connectivity index (χ0n) is 19.1. The molecule has 1 unspecified atom stereocenters. The fourth-order valence-corrected chi connectivity index (χ4v) is 4.50. The van der Waals surface area contributed by atoms with Gasteiger partial charge in [0.1, 0.15) is 5.69 Å². The maximum absolute atomic E-state index is 13.3. The minimum absolute atomic E-state index is 0.000340. The fourth-order valence-electron chi connectivity index (χ4n) is 4.50. The first-order valence-electron chi connectivity index (χ1n) is 11.8. The van der Waals surface area contributed by atoms with Gasteiger partial charge in [0.05, 0.1) is 18.8 Å². The predicted molar refractivity (Wildman–Crippen MR) is 133 cm³/mol. The highest BCUT2D eigenvalue weighted by molar-refractivity contribution is 5.96. The number of pyridine rings is 2. The maximum atomic E-state index is 13.3. The van der Waals surface area contributed by atoms with Gasteiger partial charge in [-0.15, -0.1) is 5.10 Å². The van der Waals surface area contributed by atoms with E-state index in [1.807, 2.05) is 67.0 Å². The Morgan fingerprint density at radius 2 is 1.80 bits per heavy atom. The molecule has 7 nitrogen and oxygen atoms in total. The van der Waals surface area contributed by atoms with Gasteiger partial charge in [-0.25, -0.2) is 4.68 Å². The average Bonchev–Trinajstić information content (AvgIpc) is 3.65. The van der Waals surface area contributed by atoms with Crippen molar-refractivity contribution in [1.29, 1.82) is 0 Å². The van der Waals surface area contributed by atoms with E-state index in [-0.39, 0.29) is 11.9 Å². The molecule has 1 saturated carbocycles. The lowest BCUT2D eigenvalue weighted by Crippen LogP contribution is -2.30. The SMILES string of the molecule is O=C(NC(c1ccncc1)C1CC1)c1ccccc1Cn1cc(-c2ccc3cnccc3c2)nn1. The number of hydrogen-bond donors (Lipinski definition) is 1. The van der Waals surface area contributed by atoms with Crippen molar-refractivity contribution >= 4 is 16.7 Å². The molecule has 5 aromatic rings. The molecule has 35 heavy (non-hydrogen) atoms. The molecule has 172 valence electrons. The lowest BCUT2D eigenvalue weighted by molar-refractivity contribution is 0.0930. The Morgan fingerprint density at radius 1 is 0.971 bits per heavy atom. The van der Waals surface area contributed by atoms with Crippen molar-refractivity contribution in [3.05, 3.63) is 108 Å². The molecule has 0 aliphatic heterocycles. The molecule has 1 fully saturated rings. The zero-order valence-corrected chi connectivity index (χ0v) is 19.1. The summed E-state index contributed by atoms with van der Waals surface area (Å²) >= 11 is 0. The molecule has 0 bridgehead atoms. The molecule has 2 aromatic carbocycles. The first-order valence-corrected chi connectivity index (χ1v) is 11.8. The molecule has 1 amide bonds. The Bertz CT molecular complexity index is 1490. The van der Waals surface area contributed by atoms with Gasteiger partial charge in [0.2, 0.25) is 0 Å². The molecule has 0 spiro atoms. The highest BCUT2D eigenvalue weighted by atomic mass is 16.1. The van der Waals surface area contributed by atoms with Crippen molar-refractivity contribution in [2.75, 3.05) is 0 Å². The number of nitrogens with zero attached hydrogens (tertiary/aromatic N) is 5. The molecular weight excluding hydrogens is 436 g/mol. The van der Waals surface area contributed by atoms with Gasteiger partial charge in [0.25, 0.3) is 5.91 Å². The van der Waals surface area contributed by atoms with Crippen LogP contribution in [0.25, 0.3) is 22.0 Å². The number of rotatable bonds is 7. The number of fused-ring (bicyclic) bond motifs is 1. The molecule has 1 atom stereocenters. The van der Waals surface area contributed by atoms with Crippen LogP contribution in [0.2, 0.25) is 0 Å². The van der Waals surface area contributed by atoms with Crippen LogP contribution >= 0.6 is 0 Å². The normalized spacial score (nSPS) is 14.1. The molecule has 3 heterocycles. The summed E-state index contributed by atoms with van der Waals surface area (Å²) in [6, 6.07) is 19.8. The van der Waals surface area contributed by atoms with Gasteiger partial charge in [-0.2, -0.15) is 0 Å². The highest BCUT2D eigenvalue weighted by Crippen LogP contribution is 2.41. The molecule has 1 aliphatic carbocycles. The van der Waals surface area contributed by atoms with Gasteiger partial charge < -0.3 is 5.32 Å². The number of benzene rings is 2. The van der Waals surface area contributed by atoms with Crippen LogP contribution in [0.3, 0.4) is 0 Å². The van der Waals surface area contributed by atoms with Gasteiger partial charge in [-0.05, 0) is 65.6 Å². The smallest absolute Gasteiger partial charge is 0.252 e. The number of hydrogen-bond acceptors (Lipinski definition) is 5. The number of amides is 1. The van der Waals surface area contributed by atoms with Crippen molar-refractivity contribution in [2.45, 2.75) is 25.4 Å². The maximum Gasteiger partial charge on any atom is 0.252 e. The van der Waals surface area contributed by atoms with Crippen LogP contribution in [0, 0.1) is 5.92 Å². The molecular formula is C28H24N6O. The highest BCUT2D eigenvalue weighted by Gasteiger charge is 2.33. The summed E-state index contributed by atoms with van der Waals surface area (Å²) < 4.78 is 1.78. The van der Waals surface area contributed by atoms with Crippen LogP contribution in [0.1, 0.15) is 40.4 Å². The van der Waals surface area contributed by atoms with Crippen molar-refractivity contribution in [3.8, 4) is 11.3 Å². The van der Waals surface area contributed by atoms with Gasteiger partial charge >= 0.3 is 0 Å². The minimum atomic E-state index is -0.0715. The first-order chi connectivity index (χ1) is 17.2. The summed E-state index contributed by atoms with van der Waals surface area (Å²) in [7, 11) is 0. The monoisotopic (exact) mass is 460 g/mol. The van der Waals surface area contributed by atoms with E-state index in [1.165, 1.54) is 0 Å². The van der Waals surface area contributed by atoms with E-state index in [1.54, 1.807) is 23.3 Å². The predicted octanol–water partition coefficient (Wildman–Crippen LogP) is 4.82. The standard InChI is InChI=1S/C28H24N6O/c35-28(31-27(19-5-6-19)20-9-12-29-13-10-20)25-4-2-1-3-24(25)17-34-18-26(32-33-34)22-7-8-23-16-30-14-11-21(23)15-22/h1-4,7-16,18-19,27H,5-6,17H2,(H,31,35). The number of nitrogens with one attached hydrogen (secondary N) is 1. The number of aromatic nitrogens is 5. The number of carbonyl (C=O) groups is 1. The summed E-state index contributed by atoms with van der Waals surface area (Å²) in [5.74, 6) is 0.405. The van der Waals surface area contributed by atoms with E-state index in [9.17, 15) is 4.79 Å². The van der Waals surface area contributed by atoms with Crippen LogP contribution in [0.5, 0.6) is 0 Å². The van der Waals surface area contributed by atoms with Crippen molar-refractivity contribution < 1.29 is 4.79 Å². The third-order valence-electron chi connectivity index (χ3n) is 6.51. The Hall–Kier alpha value is -4.39. The summed E-state index contributed by atoms with van der Waals surface area (Å²) in [5.41, 5.74) is 4.43. The first kappa shape index (κ1) is 21.2. The van der Waals surface area contributed by atoms with Gasteiger partial charge in [-0.1, -0.05) is 35.5 Å². The molecule has 1 N–H and O–H groups in total. The molecule has 1 aliphatic rings. The van der Waals surface area contributed by atoms with E-state index in [0.717, 1.165) is 46.0 Å². The van der Waals surface area contributed by atoms with E-state index < -0.39 is 0 Å². The van der Waals surface area contributed by atoms with Crippen molar-refractivity contribution in [2.24, 2.45) is 5.92 Å². The fraction of sp³-hybridized carbons (Fsp3) is 0.179. The Labute approximate surface area is 202 Å². The molecule has 0 radical (unpaired) electrons. The topological polar surface area (TPSA) is 85.6 Å².